The first-order valence-electron chi connectivity index (χ1n) is 6.18. The molecule has 1 aliphatic rings. The summed E-state index contributed by atoms with van der Waals surface area (Å²) in [6.07, 6.45) is -0.201. The predicted octanol–water partition coefficient (Wildman–Crippen LogP) is 2.30. The monoisotopic (exact) mass is 324 g/mol. The Kier molecular flexibility index (Phi) is 4.14. The molecule has 102 valence electrons. The summed E-state index contributed by atoms with van der Waals surface area (Å²) >= 11 is 3.42. The Hall–Kier alpha value is -1.09. The fourth-order valence-electron chi connectivity index (χ4n) is 2.41. The van der Waals surface area contributed by atoms with Crippen molar-refractivity contribution in [2.75, 3.05) is 24.6 Å². The third-order valence-corrected chi connectivity index (χ3v) is 3.52. The van der Waals surface area contributed by atoms with E-state index in [9.17, 15) is 5.11 Å². The zero-order valence-corrected chi connectivity index (χ0v) is 12.6. The Morgan fingerprint density at radius 2 is 2.26 bits per heavy atom. The van der Waals surface area contributed by atoms with E-state index in [0.29, 0.717) is 12.1 Å². The molecule has 2 rings (SSSR count). The maximum atomic E-state index is 9.33. The Balaban J connectivity index is 2.30. The number of halogens is 1. The number of hydrogen-bond acceptors (Lipinski definition) is 4. The molecule has 0 bridgehead atoms. The van der Waals surface area contributed by atoms with Gasteiger partial charge in [0.25, 0.3) is 0 Å². The maximum absolute atomic E-state index is 9.33. The van der Waals surface area contributed by atoms with Gasteiger partial charge in [-0.2, -0.15) is 5.26 Å². The highest BCUT2D eigenvalue weighted by molar-refractivity contribution is 9.10. The van der Waals surface area contributed by atoms with Crippen molar-refractivity contribution in [3.63, 3.8) is 0 Å². The fraction of sp³-hybridized carbons (Fsp3) is 0.500. The van der Waals surface area contributed by atoms with Crippen molar-refractivity contribution >= 4 is 21.6 Å². The van der Waals surface area contributed by atoms with Gasteiger partial charge in [0.05, 0.1) is 29.9 Å². The van der Waals surface area contributed by atoms with Crippen molar-refractivity contribution < 1.29 is 9.84 Å². The number of ether oxygens (including phenoxy) is 1. The van der Waals surface area contributed by atoms with Crippen LogP contribution in [0.25, 0.3) is 0 Å². The van der Waals surface area contributed by atoms with Crippen LogP contribution >= 0.6 is 15.9 Å². The highest BCUT2D eigenvalue weighted by Gasteiger charge is 2.33. The zero-order valence-electron chi connectivity index (χ0n) is 11.1. The van der Waals surface area contributed by atoms with E-state index in [-0.39, 0.29) is 18.3 Å². The minimum Gasteiger partial charge on any atom is -0.394 e. The molecule has 0 radical (unpaired) electrons. The van der Waals surface area contributed by atoms with Crippen LogP contribution in [0, 0.1) is 11.3 Å². The zero-order chi connectivity index (χ0) is 14.0. The van der Waals surface area contributed by atoms with Crippen LogP contribution in [0.5, 0.6) is 0 Å². The summed E-state index contributed by atoms with van der Waals surface area (Å²) in [5.41, 5.74) is 1.27. The molecule has 1 aliphatic heterocycles. The van der Waals surface area contributed by atoms with E-state index >= 15 is 0 Å². The number of nitriles is 1. The number of nitrogens with zero attached hydrogens (tertiary/aromatic N) is 2. The molecular formula is C14H17BrN2O2. The topological polar surface area (TPSA) is 56.5 Å². The number of rotatable bonds is 2. The van der Waals surface area contributed by atoms with Gasteiger partial charge in [0.2, 0.25) is 0 Å². The standard InChI is InChI=1S/C14H17BrN2O2/c1-14(2)9-17(7-13(8-18)19-14)12-4-10(6-16)3-11(15)5-12/h3-5,13,18H,7-9H2,1-2H3. The van der Waals surface area contributed by atoms with Gasteiger partial charge in [-0.05, 0) is 32.0 Å². The molecule has 1 aromatic carbocycles. The van der Waals surface area contributed by atoms with Gasteiger partial charge in [-0.15, -0.1) is 0 Å². The molecule has 19 heavy (non-hydrogen) atoms. The molecular weight excluding hydrogens is 308 g/mol. The van der Waals surface area contributed by atoms with Crippen LogP contribution in [0.2, 0.25) is 0 Å². The second-order valence-electron chi connectivity index (χ2n) is 5.37. The van der Waals surface area contributed by atoms with Gasteiger partial charge in [-0.25, -0.2) is 0 Å². The number of hydrogen-bond donors (Lipinski definition) is 1. The highest BCUT2D eigenvalue weighted by Crippen LogP contribution is 2.28. The van der Waals surface area contributed by atoms with Crippen LogP contribution in [-0.2, 0) is 4.74 Å². The van der Waals surface area contributed by atoms with Crippen LogP contribution in [0.4, 0.5) is 5.69 Å². The molecule has 0 saturated carbocycles. The highest BCUT2D eigenvalue weighted by atomic mass is 79.9. The molecule has 4 nitrogen and oxygen atoms in total. The molecule has 1 saturated heterocycles. The molecule has 0 aliphatic carbocycles. The summed E-state index contributed by atoms with van der Waals surface area (Å²) in [5, 5.41) is 18.4. The summed E-state index contributed by atoms with van der Waals surface area (Å²) < 4.78 is 6.67. The third kappa shape index (κ3) is 3.47. The molecule has 1 fully saturated rings. The van der Waals surface area contributed by atoms with Crippen molar-refractivity contribution in [2.24, 2.45) is 0 Å². The van der Waals surface area contributed by atoms with E-state index in [1.165, 1.54) is 0 Å². The van der Waals surface area contributed by atoms with Gasteiger partial charge >= 0.3 is 0 Å². The van der Waals surface area contributed by atoms with Gasteiger partial charge < -0.3 is 14.7 Å². The number of morpholine rings is 1. The summed E-state index contributed by atoms with van der Waals surface area (Å²) in [6, 6.07) is 7.79. The van der Waals surface area contributed by atoms with E-state index in [2.05, 4.69) is 26.9 Å². The smallest absolute Gasteiger partial charge is 0.0992 e. The molecule has 1 heterocycles. The number of benzene rings is 1. The molecule has 0 aromatic heterocycles. The van der Waals surface area contributed by atoms with Gasteiger partial charge in [0, 0.05) is 23.2 Å². The normalized spacial score (nSPS) is 22.1. The number of anilines is 1. The summed E-state index contributed by atoms with van der Waals surface area (Å²) in [6.45, 7) is 5.36. The van der Waals surface area contributed by atoms with Crippen LogP contribution < -0.4 is 4.90 Å². The summed E-state index contributed by atoms with van der Waals surface area (Å²) in [5.74, 6) is 0. The van der Waals surface area contributed by atoms with Crippen LogP contribution in [-0.4, -0.2) is 36.5 Å². The third-order valence-electron chi connectivity index (χ3n) is 3.06. The second-order valence-corrected chi connectivity index (χ2v) is 6.29. The van der Waals surface area contributed by atoms with Crippen molar-refractivity contribution in [3.05, 3.63) is 28.2 Å². The Bertz CT molecular complexity index is 511. The molecule has 1 atom stereocenters. The lowest BCUT2D eigenvalue weighted by Crippen LogP contribution is -2.54. The average Bonchev–Trinajstić information content (AvgIpc) is 2.36. The maximum Gasteiger partial charge on any atom is 0.0992 e. The first kappa shape index (κ1) is 14.3. The first-order chi connectivity index (χ1) is 8.93. The lowest BCUT2D eigenvalue weighted by atomic mass is 10.0. The van der Waals surface area contributed by atoms with E-state index in [1.54, 1.807) is 6.07 Å². The van der Waals surface area contributed by atoms with Crippen LogP contribution in [0.1, 0.15) is 19.4 Å². The first-order valence-corrected chi connectivity index (χ1v) is 6.97. The molecule has 1 aromatic rings. The number of aliphatic hydroxyl groups is 1. The minimum atomic E-state index is -0.319. The quantitative estimate of drug-likeness (QED) is 0.906. The lowest BCUT2D eigenvalue weighted by Gasteiger charge is -2.43. The molecule has 1 N–H and O–H groups in total. The van der Waals surface area contributed by atoms with Crippen LogP contribution in [0.15, 0.2) is 22.7 Å². The Morgan fingerprint density at radius 3 is 2.89 bits per heavy atom. The number of aliphatic hydroxyl groups excluding tert-OH is 1. The average molecular weight is 325 g/mol. The SMILES string of the molecule is CC1(C)CN(c2cc(Br)cc(C#N)c2)CC(CO)O1. The molecule has 0 spiro atoms. The largest absolute Gasteiger partial charge is 0.394 e. The van der Waals surface area contributed by atoms with E-state index < -0.39 is 0 Å². The van der Waals surface area contributed by atoms with Gasteiger partial charge in [-0.3, -0.25) is 0 Å². The summed E-state index contributed by atoms with van der Waals surface area (Å²) in [4.78, 5) is 2.15. The summed E-state index contributed by atoms with van der Waals surface area (Å²) in [7, 11) is 0. The van der Waals surface area contributed by atoms with Crippen molar-refractivity contribution in [1.82, 2.24) is 0 Å². The van der Waals surface area contributed by atoms with Crippen molar-refractivity contribution in [3.8, 4) is 6.07 Å². The van der Waals surface area contributed by atoms with Gasteiger partial charge in [0.1, 0.15) is 0 Å². The minimum absolute atomic E-state index is 0.000952. The van der Waals surface area contributed by atoms with E-state index in [0.717, 1.165) is 16.7 Å². The van der Waals surface area contributed by atoms with E-state index in [4.69, 9.17) is 10.00 Å². The van der Waals surface area contributed by atoms with Crippen LogP contribution in [0.3, 0.4) is 0 Å². The second kappa shape index (κ2) is 5.49. The Morgan fingerprint density at radius 1 is 1.53 bits per heavy atom. The fourth-order valence-corrected chi connectivity index (χ4v) is 2.89. The molecule has 0 amide bonds. The van der Waals surface area contributed by atoms with Crippen molar-refractivity contribution in [1.29, 1.82) is 5.26 Å². The van der Waals surface area contributed by atoms with Gasteiger partial charge in [-0.1, -0.05) is 15.9 Å². The Labute approximate surface area is 121 Å². The van der Waals surface area contributed by atoms with Crippen molar-refractivity contribution in [2.45, 2.75) is 25.6 Å². The predicted molar refractivity (Wildman–Crippen MR) is 77.1 cm³/mol. The lowest BCUT2D eigenvalue weighted by molar-refractivity contribution is -0.101. The van der Waals surface area contributed by atoms with Gasteiger partial charge in [0.15, 0.2) is 0 Å². The molecule has 1 unspecified atom stereocenters. The van der Waals surface area contributed by atoms with E-state index in [1.807, 2.05) is 26.0 Å². The molecule has 5 heteroatoms.